The van der Waals surface area contributed by atoms with Crippen molar-refractivity contribution in [2.45, 2.75) is 76.7 Å². The number of alkyl carbamates (subject to hydrolysis) is 1. The number of aliphatic imine (C=N–C) groups is 1. The number of benzene rings is 2. The van der Waals surface area contributed by atoms with Gasteiger partial charge in [0.2, 0.25) is 0 Å². The Bertz CT molecular complexity index is 1260. The highest BCUT2D eigenvalue weighted by atomic mass is 16.6. The molecule has 0 aliphatic rings. The SMILES string of the molecule is NC(N)=NCCCCCCC(=O)C(N)C(O)C(=O)NCCCCN(CCCNC(=O)OCc1ccccc1)C(=O)OCc1ccccc1. The third kappa shape index (κ3) is 17.3. The molecule has 14 heteroatoms. The first kappa shape index (κ1) is 39.5. The molecule has 2 atom stereocenters. The second-order valence-corrected chi connectivity index (χ2v) is 11.3. The van der Waals surface area contributed by atoms with Crippen molar-refractivity contribution in [3.05, 3.63) is 71.8 Å². The van der Waals surface area contributed by atoms with Crippen LogP contribution in [0.5, 0.6) is 0 Å². The first-order chi connectivity index (χ1) is 23.2. The Labute approximate surface area is 282 Å². The molecular formula is C34H51N7O7. The number of hydrogen-bond acceptors (Lipinski definition) is 9. The van der Waals surface area contributed by atoms with E-state index in [0.29, 0.717) is 51.9 Å². The maximum Gasteiger partial charge on any atom is 0.410 e. The van der Waals surface area contributed by atoms with Crippen LogP contribution in [0.25, 0.3) is 0 Å². The maximum absolute atomic E-state index is 12.9. The number of carbonyl (C=O) groups is 4. The van der Waals surface area contributed by atoms with Gasteiger partial charge in [0.25, 0.3) is 5.91 Å². The quantitative estimate of drug-likeness (QED) is 0.0575. The lowest BCUT2D eigenvalue weighted by molar-refractivity contribution is -0.135. The summed E-state index contributed by atoms with van der Waals surface area (Å²) in [4.78, 5) is 55.2. The van der Waals surface area contributed by atoms with E-state index in [1.165, 1.54) is 0 Å². The summed E-state index contributed by atoms with van der Waals surface area (Å²) in [6, 6.07) is 17.3. The Morgan fingerprint density at radius 1 is 0.750 bits per heavy atom. The molecule has 0 aliphatic carbocycles. The van der Waals surface area contributed by atoms with Gasteiger partial charge in [0, 0.05) is 39.1 Å². The number of aliphatic hydroxyl groups excluding tert-OH is 1. The first-order valence-corrected chi connectivity index (χ1v) is 16.4. The highest BCUT2D eigenvalue weighted by Gasteiger charge is 2.28. The number of ketones is 1. The van der Waals surface area contributed by atoms with Gasteiger partial charge in [-0.05, 0) is 43.2 Å². The molecule has 0 saturated heterocycles. The molecular weight excluding hydrogens is 618 g/mol. The molecule has 9 N–H and O–H groups in total. The molecule has 264 valence electrons. The lowest BCUT2D eigenvalue weighted by Gasteiger charge is -2.22. The fourth-order valence-electron chi connectivity index (χ4n) is 4.56. The number of aliphatic hydroxyl groups is 1. The largest absolute Gasteiger partial charge is 0.445 e. The van der Waals surface area contributed by atoms with Crippen LogP contribution >= 0.6 is 0 Å². The van der Waals surface area contributed by atoms with Crippen molar-refractivity contribution in [3.63, 3.8) is 0 Å². The summed E-state index contributed by atoms with van der Waals surface area (Å²) < 4.78 is 10.7. The minimum Gasteiger partial charge on any atom is -0.445 e. The maximum atomic E-state index is 12.9. The summed E-state index contributed by atoms with van der Waals surface area (Å²) >= 11 is 0. The molecule has 0 bridgehead atoms. The number of unbranched alkanes of at least 4 members (excludes halogenated alkanes) is 4. The smallest absolute Gasteiger partial charge is 0.410 e. The number of nitrogens with two attached hydrogens (primary N) is 3. The number of rotatable bonds is 23. The highest BCUT2D eigenvalue weighted by Crippen LogP contribution is 2.08. The van der Waals surface area contributed by atoms with Crippen molar-refractivity contribution in [1.82, 2.24) is 15.5 Å². The van der Waals surface area contributed by atoms with Crippen molar-refractivity contribution < 1.29 is 33.8 Å². The van der Waals surface area contributed by atoms with Gasteiger partial charge in [-0.2, -0.15) is 0 Å². The molecule has 0 radical (unpaired) electrons. The number of nitrogens with zero attached hydrogens (tertiary/aromatic N) is 2. The van der Waals surface area contributed by atoms with E-state index < -0.39 is 30.2 Å². The Balaban J connectivity index is 1.71. The van der Waals surface area contributed by atoms with Crippen molar-refractivity contribution >= 4 is 29.8 Å². The molecule has 2 rings (SSSR count). The van der Waals surface area contributed by atoms with Crippen molar-refractivity contribution in [2.24, 2.45) is 22.2 Å². The van der Waals surface area contributed by atoms with Crippen molar-refractivity contribution in [1.29, 1.82) is 0 Å². The van der Waals surface area contributed by atoms with Crippen molar-refractivity contribution in [3.8, 4) is 0 Å². The summed E-state index contributed by atoms with van der Waals surface area (Å²) in [5.74, 6) is -1.06. The van der Waals surface area contributed by atoms with E-state index in [1.54, 1.807) is 4.90 Å². The molecule has 0 fully saturated rings. The highest BCUT2D eigenvalue weighted by molar-refractivity contribution is 5.92. The van der Waals surface area contributed by atoms with Crippen LogP contribution in [0.15, 0.2) is 65.7 Å². The Morgan fingerprint density at radius 3 is 1.98 bits per heavy atom. The zero-order chi connectivity index (χ0) is 35.0. The topological polar surface area (TPSA) is 225 Å². The zero-order valence-electron chi connectivity index (χ0n) is 27.6. The van der Waals surface area contributed by atoms with Crippen LogP contribution in [0.1, 0.15) is 62.5 Å². The van der Waals surface area contributed by atoms with Crippen LogP contribution in [-0.2, 0) is 32.3 Å². The number of amides is 3. The lowest BCUT2D eigenvalue weighted by Crippen LogP contribution is -2.50. The minimum absolute atomic E-state index is 0.0463. The number of carbonyl (C=O) groups excluding carboxylic acids is 4. The predicted octanol–water partition coefficient (Wildman–Crippen LogP) is 2.32. The molecule has 0 saturated carbocycles. The molecule has 0 spiro atoms. The standard InChI is InChI=1S/C34H51N7O7/c35-29(28(42)18-9-1-2-10-20-39-32(36)37)30(43)31(44)38-19-11-12-22-41(34(46)48-25-27-16-7-4-8-17-27)23-13-21-40-33(45)47-24-26-14-5-3-6-15-26/h3-8,14-17,29-30,43H,1-2,9-13,18-25,35H2,(H,38,44)(H,40,45)(H4,36,37,39). The van der Waals surface area contributed by atoms with Crippen LogP contribution in [0, 0.1) is 0 Å². The van der Waals surface area contributed by atoms with Crippen LogP contribution in [0.3, 0.4) is 0 Å². The van der Waals surface area contributed by atoms with E-state index in [0.717, 1.165) is 30.4 Å². The van der Waals surface area contributed by atoms with Gasteiger partial charge >= 0.3 is 12.2 Å². The van der Waals surface area contributed by atoms with Gasteiger partial charge in [-0.25, -0.2) is 9.59 Å². The fourth-order valence-corrected chi connectivity index (χ4v) is 4.56. The molecule has 2 unspecified atom stereocenters. The number of ether oxygens (including phenoxy) is 2. The summed E-state index contributed by atoms with van der Waals surface area (Å²) in [7, 11) is 0. The summed E-state index contributed by atoms with van der Waals surface area (Å²) in [6.45, 7) is 1.98. The zero-order valence-corrected chi connectivity index (χ0v) is 27.6. The Hall–Kier alpha value is -4.69. The van der Waals surface area contributed by atoms with Crippen molar-refractivity contribution in [2.75, 3.05) is 32.7 Å². The summed E-state index contributed by atoms with van der Waals surface area (Å²) in [5, 5.41) is 15.6. The lowest BCUT2D eigenvalue weighted by atomic mass is 10.0. The normalized spacial score (nSPS) is 11.9. The van der Waals surface area contributed by atoms with Gasteiger partial charge in [-0.1, -0.05) is 73.5 Å². The average Bonchev–Trinajstić information content (AvgIpc) is 3.09. The first-order valence-electron chi connectivity index (χ1n) is 16.4. The van der Waals surface area contributed by atoms with E-state index in [2.05, 4.69) is 15.6 Å². The fraction of sp³-hybridized carbons (Fsp3) is 0.500. The predicted molar refractivity (Wildman–Crippen MR) is 182 cm³/mol. The van der Waals surface area contributed by atoms with Gasteiger partial charge in [-0.3, -0.25) is 14.6 Å². The van der Waals surface area contributed by atoms with Gasteiger partial charge in [0.05, 0.1) is 6.04 Å². The Morgan fingerprint density at radius 2 is 1.33 bits per heavy atom. The van der Waals surface area contributed by atoms with Gasteiger partial charge in [0.15, 0.2) is 17.8 Å². The van der Waals surface area contributed by atoms with E-state index in [-0.39, 0.29) is 37.9 Å². The third-order valence-corrected chi connectivity index (χ3v) is 7.31. The number of nitrogens with one attached hydrogen (secondary N) is 2. The van der Waals surface area contributed by atoms with E-state index in [9.17, 15) is 24.3 Å². The molecule has 0 aliphatic heterocycles. The average molecular weight is 670 g/mol. The van der Waals surface area contributed by atoms with Gasteiger partial charge in [0.1, 0.15) is 13.2 Å². The Kier molecular flexibility index (Phi) is 19.4. The van der Waals surface area contributed by atoms with Crippen LogP contribution < -0.4 is 27.8 Å². The van der Waals surface area contributed by atoms with E-state index >= 15 is 0 Å². The molecule has 2 aromatic carbocycles. The molecule has 3 amide bonds. The van der Waals surface area contributed by atoms with E-state index in [4.69, 9.17) is 26.7 Å². The molecule has 14 nitrogen and oxygen atoms in total. The summed E-state index contributed by atoms with van der Waals surface area (Å²) in [5.41, 5.74) is 18.1. The molecule has 0 heterocycles. The number of Topliss-reactive ketones (excluding diaryl/α,β-unsaturated/α-hetero) is 1. The van der Waals surface area contributed by atoms with Gasteiger partial charge < -0.3 is 47.3 Å². The van der Waals surface area contributed by atoms with E-state index in [1.807, 2.05) is 60.7 Å². The summed E-state index contributed by atoms with van der Waals surface area (Å²) in [6.07, 6.45) is 1.93. The number of hydrogen-bond donors (Lipinski definition) is 6. The second-order valence-electron chi connectivity index (χ2n) is 11.3. The van der Waals surface area contributed by atoms with Crippen LogP contribution in [0.4, 0.5) is 9.59 Å². The monoisotopic (exact) mass is 669 g/mol. The van der Waals surface area contributed by atoms with Gasteiger partial charge in [-0.15, -0.1) is 0 Å². The van der Waals surface area contributed by atoms with Crippen LogP contribution in [-0.4, -0.2) is 84.7 Å². The molecule has 0 aromatic heterocycles. The molecule has 48 heavy (non-hydrogen) atoms. The molecule has 2 aromatic rings. The minimum atomic E-state index is -1.66. The third-order valence-electron chi connectivity index (χ3n) is 7.31. The second kappa shape index (κ2) is 23.6. The van der Waals surface area contributed by atoms with Crippen LogP contribution in [0.2, 0.25) is 0 Å². The number of guanidine groups is 1.